The Morgan fingerprint density at radius 1 is 1.08 bits per heavy atom. The minimum atomic E-state index is -4.58. The summed E-state index contributed by atoms with van der Waals surface area (Å²) in [5.74, 6) is -0.394. The fraction of sp³-hybridized carbons (Fsp3) is 0.533. The average Bonchev–Trinajstić information content (AvgIpc) is 3.39. The first kappa shape index (κ1) is 19.3. The summed E-state index contributed by atoms with van der Waals surface area (Å²) in [4.78, 5) is 11.9. The largest absolute Gasteiger partial charge is 0.442 e. The van der Waals surface area contributed by atoms with Crippen molar-refractivity contribution in [3.8, 4) is 0 Å². The third-order valence-corrected chi connectivity index (χ3v) is 3.44. The molecule has 0 unspecified atom stereocenters. The summed E-state index contributed by atoms with van der Waals surface area (Å²) in [6.07, 6.45) is -4.58. The van der Waals surface area contributed by atoms with Gasteiger partial charge in [-0.25, -0.2) is 0 Å². The second-order valence-electron chi connectivity index (χ2n) is 5.28. The van der Waals surface area contributed by atoms with E-state index in [0.717, 1.165) is 0 Å². The second kappa shape index (κ2) is 8.37. The van der Waals surface area contributed by atoms with E-state index in [-0.39, 0.29) is 17.7 Å². The van der Waals surface area contributed by atoms with Gasteiger partial charge in [0, 0.05) is 17.7 Å². The Morgan fingerprint density at radius 3 is 2.20 bits per heavy atom. The van der Waals surface area contributed by atoms with Gasteiger partial charge in [0.15, 0.2) is 0 Å². The van der Waals surface area contributed by atoms with Crippen LogP contribution in [0.5, 0.6) is 0 Å². The van der Waals surface area contributed by atoms with E-state index in [2.05, 4.69) is 21.3 Å². The SMILES string of the molecule is [NH3+]CCOCCOCCNC(=O)c1ccc(C2(C(F)(F)F)N=N2)cc1. The monoisotopic (exact) mass is 361 g/mol. The Kier molecular flexibility index (Phi) is 6.45. The molecule has 0 radical (unpaired) electrons. The number of alkyl halides is 3. The van der Waals surface area contributed by atoms with E-state index >= 15 is 0 Å². The van der Waals surface area contributed by atoms with Crippen molar-refractivity contribution >= 4 is 5.91 Å². The van der Waals surface area contributed by atoms with Gasteiger partial charge in [-0.3, -0.25) is 4.79 Å². The zero-order chi connectivity index (χ0) is 18.3. The highest BCUT2D eigenvalue weighted by molar-refractivity contribution is 5.94. The number of halogens is 3. The van der Waals surface area contributed by atoms with Crippen molar-refractivity contribution in [2.45, 2.75) is 11.8 Å². The van der Waals surface area contributed by atoms with Crippen molar-refractivity contribution in [3.05, 3.63) is 35.4 Å². The molecule has 1 amide bonds. The highest BCUT2D eigenvalue weighted by atomic mass is 19.4. The highest BCUT2D eigenvalue weighted by Gasteiger charge is 2.65. The first-order chi connectivity index (χ1) is 11.9. The van der Waals surface area contributed by atoms with E-state index in [4.69, 9.17) is 9.47 Å². The molecule has 10 heteroatoms. The number of benzene rings is 1. The molecule has 0 bridgehead atoms. The maximum absolute atomic E-state index is 12.9. The van der Waals surface area contributed by atoms with Crippen LogP contribution in [-0.2, 0) is 15.1 Å². The minimum Gasteiger partial charge on any atom is -0.377 e. The maximum atomic E-state index is 12.9. The first-order valence-corrected chi connectivity index (χ1v) is 7.75. The normalized spacial score (nSPS) is 15.2. The van der Waals surface area contributed by atoms with Crippen LogP contribution in [-0.4, -0.2) is 51.6 Å². The Labute approximate surface area is 142 Å². The average molecular weight is 361 g/mol. The van der Waals surface area contributed by atoms with Crippen molar-refractivity contribution in [1.29, 1.82) is 0 Å². The lowest BCUT2D eigenvalue weighted by molar-refractivity contribution is -0.374. The van der Waals surface area contributed by atoms with Gasteiger partial charge in [-0.1, -0.05) is 12.1 Å². The van der Waals surface area contributed by atoms with Crippen LogP contribution in [0.3, 0.4) is 0 Å². The van der Waals surface area contributed by atoms with E-state index < -0.39 is 17.7 Å². The number of ether oxygens (including phenoxy) is 2. The van der Waals surface area contributed by atoms with Crippen LogP contribution in [0.1, 0.15) is 15.9 Å². The number of nitrogens with zero attached hydrogens (tertiary/aromatic N) is 2. The summed E-state index contributed by atoms with van der Waals surface area (Å²) < 4.78 is 49.1. The van der Waals surface area contributed by atoms with E-state index in [1.807, 2.05) is 0 Å². The molecule has 138 valence electrons. The number of amides is 1. The summed E-state index contributed by atoms with van der Waals surface area (Å²) in [6.45, 7) is 2.74. The summed E-state index contributed by atoms with van der Waals surface area (Å²) >= 11 is 0. The van der Waals surface area contributed by atoms with E-state index in [1.165, 1.54) is 24.3 Å². The molecule has 0 aliphatic carbocycles. The molecule has 1 heterocycles. The van der Waals surface area contributed by atoms with Gasteiger partial charge in [-0.15, -0.1) is 10.2 Å². The summed E-state index contributed by atoms with van der Waals surface area (Å²) in [6, 6.07) is 5.04. The molecule has 25 heavy (non-hydrogen) atoms. The molecule has 7 nitrogen and oxygen atoms in total. The lowest BCUT2D eigenvalue weighted by atomic mass is 10.0. The molecule has 4 N–H and O–H groups in total. The Balaban J connectivity index is 1.72. The predicted octanol–water partition coefficient (Wildman–Crippen LogP) is 0.872. The topological polar surface area (TPSA) is 99.9 Å². The molecule has 1 aromatic carbocycles. The van der Waals surface area contributed by atoms with Gasteiger partial charge in [0.05, 0.1) is 33.0 Å². The van der Waals surface area contributed by atoms with Crippen molar-refractivity contribution in [1.82, 2.24) is 5.32 Å². The number of carbonyl (C=O) groups is 1. The molecule has 0 saturated heterocycles. The third-order valence-electron chi connectivity index (χ3n) is 3.44. The second-order valence-corrected chi connectivity index (χ2v) is 5.28. The van der Waals surface area contributed by atoms with Crippen LogP contribution in [0.2, 0.25) is 0 Å². The van der Waals surface area contributed by atoms with Crippen LogP contribution in [0.4, 0.5) is 13.2 Å². The molecule has 1 aliphatic rings. The van der Waals surface area contributed by atoms with E-state index in [0.29, 0.717) is 33.0 Å². The number of hydrogen-bond donors (Lipinski definition) is 2. The third kappa shape index (κ3) is 4.97. The highest BCUT2D eigenvalue weighted by Crippen LogP contribution is 2.52. The smallest absolute Gasteiger partial charge is 0.377 e. The molecule has 1 aliphatic heterocycles. The van der Waals surface area contributed by atoms with Crippen LogP contribution in [0, 0.1) is 0 Å². The molecule has 1 aromatic rings. The van der Waals surface area contributed by atoms with Crippen molar-refractivity contribution in [2.75, 3.05) is 39.5 Å². The molecule has 0 aromatic heterocycles. The number of hydrogen-bond acceptors (Lipinski definition) is 5. The zero-order valence-corrected chi connectivity index (χ0v) is 13.5. The number of nitrogens with one attached hydrogen (secondary N) is 1. The number of rotatable bonds is 10. The Bertz CT molecular complexity index is 599. The lowest BCUT2D eigenvalue weighted by Crippen LogP contribution is -2.52. The Hall–Kier alpha value is -2.04. The van der Waals surface area contributed by atoms with E-state index in [9.17, 15) is 18.0 Å². The van der Waals surface area contributed by atoms with Gasteiger partial charge in [-0.2, -0.15) is 13.2 Å². The van der Waals surface area contributed by atoms with E-state index in [1.54, 1.807) is 0 Å². The lowest BCUT2D eigenvalue weighted by Gasteiger charge is -2.15. The molecule has 2 rings (SSSR count). The van der Waals surface area contributed by atoms with Gasteiger partial charge < -0.3 is 20.5 Å². The quantitative estimate of drug-likeness (QED) is 0.605. The predicted molar refractivity (Wildman–Crippen MR) is 80.8 cm³/mol. The fourth-order valence-corrected chi connectivity index (χ4v) is 2.06. The van der Waals surface area contributed by atoms with Gasteiger partial charge in [0.1, 0.15) is 0 Å². The standard InChI is InChI=1S/C15H19F3N4O3/c16-15(17,18)14(21-22-14)12-3-1-11(2-4-12)13(23)20-6-8-25-10-9-24-7-5-19/h1-4H,5-10,19H2,(H,20,23)/p+1. The molecule has 0 fully saturated rings. The van der Waals surface area contributed by atoms with Crippen LogP contribution < -0.4 is 11.1 Å². The van der Waals surface area contributed by atoms with Crippen molar-refractivity contribution in [2.24, 2.45) is 10.2 Å². The molecular weight excluding hydrogens is 341 g/mol. The summed E-state index contributed by atoms with van der Waals surface area (Å²) in [5.41, 5.74) is 1.31. The summed E-state index contributed by atoms with van der Waals surface area (Å²) in [7, 11) is 0. The fourth-order valence-electron chi connectivity index (χ4n) is 2.06. The van der Waals surface area contributed by atoms with Gasteiger partial charge in [0.2, 0.25) is 0 Å². The molecule has 0 spiro atoms. The van der Waals surface area contributed by atoms with Crippen LogP contribution in [0.25, 0.3) is 0 Å². The van der Waals surface area contributed by atoms with Crippen LogP contribution >= 0.6 is 0 Å². The molecule has 0 saturated carbocycles. The first-order valence-electron chi connectivity index (χ1n) is 7.75. The van der Waals surface area contributed by atoms with Gasteiger partial charge in [0.25, 0.3) is 5.91 Å². The summed E-state index contributed by atoms with van der Waals surface area (Å²) in [5, 5.41) is 8.85. The molecular formula is C15H20F3N4O3+. The van der Waals surface area contributed by atoms with Gasteiger partial charge >= 0.3 is 11.8 Å². The maximum Gasteiger partial charge on any atom is 0.442 e. The van der Waals surface area contributed by atoms with Crippen LogP contribution in [0.15, 0.2) is 34.5 Å². The Morgan fingerprint density at radius 2 is 1.68 bits per heavy atom. The molecule has 0 atom stereocenters. The van der Waals surface area contributed by atoms with Gasteiger partial charge in [-0.05, 0) is 12.1 Å². The minimum absolute atomic E-state index is 0.109. The number of quaternary nitrogens is 1. The zero-order valence-electron chi connectivity index (χ0n) is 13.5. The van der Waals surface area contributed by atoms with Crippen molar-refractivity contribution < 1.29 is 33.2 Å². The van der Waals surface area contributed by atoms with Crippen molar-refractivity contribution in [3.63, 3.8) is 0 Å². The number of carbonyl (C=O) groups excluding carboxylic acids is 1.